The highest BCUT2D eigenvalue weighted by Crippen LogP contribution is 2.26. The second-order valence-electron chi connectivity index (χ2n) is 7.23. The lowest BCUT2D eigenvalue weighted by atomic mass is 10.00. The Morgan fingerprint density at radius 3 is 2.60 bits per heavy atom. The zero-order valence-electron chi connectivity index (χ0n) is 15.3. The van der Waals surface area contributed by atoms with Crippen molar-refractivity contribution in [3.05, 3.63) is 29.8 Å². The molecule has 0 aliphatic carbocycles. The van der Waals surface area contributed by atoms with Crippen LogP contribution in [0.1, 0.15) is 49.9 Å². The molecule has 1 amide bonds. The summed E-state index contributed by atoms with van der Waals surface area (Å²) in [6.45, 7) is 7.06. The predicted octanol–water partition coefficient (Wildman–Crippen LogP) is 3.48. The summed E-state index contributed by atoms with van der Waals surface area (Å²) >= 11 is 0. The average molecular weight is 347 g/mol. The van der Waals surface area contributed by atoms with E-state index in [4.69, 9.17) is 14.2 Å². The number of piperidine rings is 1. The van der Waals surface area contributed by atoms with Gasteiger partial charge in [0.1, 0.15) is 5.75 Å². The van der Waals surface area contributed by atoms with Crippen LogP contribution >= 0.6 is 0 Å². The van der Waals surface area contributed by atoms with Gasteiger partial charge in [0.2, 0.25) is 0 Å². The minimum atomic E-state index is -0.275. The van der Waals surface area contributed by atoms with Crippen molar-refractivity contribution in [1.82, 2.24) is 4.90 Å². The van der Waals surface area contributed by atoms with E-state index in [-0.39, 0.29) is 18.2 Å². The molecule has 138 valence electrons. The molecule has 2 aliphatic heterocycles. The molecule has 1 aromatic rings. The molecule has 0 bridgehead atoms. The van der Waals surface area contributed by atoms with Gasteiger partial charge in [-0.15, -0.1) is 0 Å². The van der Waals surface area contributed by atoms with Gasteiger partial charge in [-0.2, -0.15) is 0 Å². The number of amides is 1. The van der Waals surface area contributed by atoms with Crippen LogP contribution in [-0.4, -0.2) is 49.5 Å². The first-order chi connectivity index (χ1) is 12.1. The largest absolute Gasteiger partial charge is 0.494 e. The maximum Gasteiger partial charge on any atom is 0.254 e. The van der Waals surface area contributed by atoms with E-state index in [1.165, 1.54) is 0 Å². The lowest BCUT2D eigenvalue weighted by Crippen LogP contribution is -2.50. The minimum Gasteiger partial charge on any atom is -0.494 e. The molecule has 2 saturated heterocycles. The van der Waals surface area contributed by atoms with Gasteiger partial charge in [-0.05, 0) is 55.9 Å². The monoisotopic (exact) mass is 347 g/mol. The Morgan fingerprint density at radius 1 is 1.20 bits per heavy atom. The van der Waals surface area contributed by atoms with Crippen molar-refractivity contribution in [2.75, 3.05) is 26.4 Å². The average Bonchev–Trinajstić information content (AvgIpc) is 3.16. The summed E-state index contributed by atoms with van der Waals surface area (Å²) in [7, 11) is 0. The Hall–Kier alpha value is -1.59. The molecule has 0 radical (unpaired) electrons. The van der Waals surface area contributed by atoms with Gasteiger partial charge in [0.05, 0.1) is 25.9 Å². The number of benzene rings is 1. The van der Waals surface area contributed by atoms with Crippen molar-refractivity contribution in [1.29, 1.82) is 0 Å². The van der Waals surface area contributed by atoms with Gasteiger partial charge in [0, 0.05) is 12.1 Å². The highest BCUT2D eigenvalue weighted by atomic mass is 16.7. The molecule has 2 heterocycles. The summed E-state index contributed by atoms with van der Waals surface area (Å²) in [5.74, 6) is 1.49. The molecule has 3 rings (SSSR count). The number of likely N-dealkylation sites (tertiary alicyclic amines) is 1. The van der Waals surface area contributed by atoms with Gasteiger partial charge in [-0.25, -0.2) is 0 Å². The van der Waals surface area contributed by atoms with Crippen molar-refractivity contribution in [2.45, 2.75) is 51.9 Å². The first-order valence-corrected chi connectivity index (χ1v) is 9.42. The molecule has 0 spiro atoms. The number of carbonyl (C=O) groups is 1. The highest BCUT2D eigenvalue weighted by molar-refractivity contribution is 5.94. The maximum atomic E-state index is 13.0. The van der Waals surface area contributed by atoms with E-state index in [0.29, 0.717) is 31.3 Å². The van der Waals surface area contributed by atoms with Crippen LogP contribution in [0.4, 0.5) is 0 Å². The third-order valence-corrected chi connectivity index (χ3v) is 4.84. The van der Waals surface area contributed by atoms with Crippen molar-refractivity contribution >= 4 is 5.91 Å². The van der Waals surface area contributed by atoms with Crippen LogP contribution in [0.2, 0.25) is 0 Å². The fraction of sp³-hybridized carbons (Fsp3) is 0.650. The summed E-state index contributed by atoms with van der Waals surface area (Å²) in [6, 6.07) is 7.50. The predicted molar refractivity (Wildman–Crippen MR) is 95.8 cm³/mol. The SMILES string of the molecule is CC(C)CCOc1ccc(C(=O)N2CCCCC2C2OCCO2)cc1. The number of hydrogen-bond donors (Lipinski definition) is 0. The standard InChI is InChI=1S/C20H29NO4/c1-15(2)10-12-23-17-8-6-16(7-9-17)19(22)21-11-4-3-5-18(21)20-24-13-14-25-20/h6-9,15,18,20H,3-5,10-14H2,1-2H3. The quantitative estimate of drug-likeness (QED) is 0.790. The number of rotatable bonds is 6. The number of ether oxygens (including phenoxy) is 3. The molecule has 0 aromatic heterocycles. The molecule has 2 aliphatic rings. The van der Waals surface area contributed by atoms with Crippen LogP contribution < -0.4 is 4.74 Å². The van der Waals surface area contributed by atoms with Crippen LogP contribution in [0.15, 0.2) is 24.3 Å². The molecule has 25 heavy (non-hydrogen) atoms. The molecule has 0 N–H and O–H groups in total. The van der Waals surface area contributed by atoms with E-state index in [2.05, 4.69) is 13.8 Å². The van der Waals surface area contributed by atoms with Crippen molar-refractivity contribution in [3.8, 4) is 5.75 Å². The van der Waals surface area contributed by atoms with Gasteiger partial charge in [0.25, 0.3) is 5.91 Å². The number of nitrogens with zero attached hydrogens (tertiary/aromatic N) is 1. The molecule has 1 unspecified atom stereocenters. The topological polar surface area (TPSA) is 48.0 Å². The Balaban J connectivity index is 1.62. The van der Waals surface area contributed by atoms with Gasteiger partial charge < -0.3 is 19.1 Å². The summed E-state index contributed by atoms with van der Waals surface area (Å²) in [6.07, 6.45) is 3.83. The van der Waals surface area contributed by atoms with Crippen LogP contribution in [0, 0.1) is 5.92 Å². The highest BCUT2D eigenvalue weighted by Gasteiger charge is 2.36. The van der Waals surface area contributed by atoms with Gasteiger partial charge in [-0.1, -0.05) is 13.8 Å². The molecular formula is C20H29NO4. The third kappa shape index (κ3) is 4.73. The van der Waals surface area contributed by atoms with E-state index in [0.717, 1.165) is 38.0 Å². The fourth-order valence-electron chi connectivity index (χ4n) is 3.36. The molecule has 1 atom stereocenters. The van der Waals surface area contributed by atoms with E-state index in [9.17, 15) is 4.79 Å². The zero-order valence-corrected chi connectivity index (χ0v) is 15.3. The van der Waals surface area contributed by atoms with Crippen molar-refractivity contribution < 1.29 is 19.0 Å². The van der Waals surface area contributed by atoms with E-state index in [1.807, 2.05) is 29.2 Å². The first kappa shape index (κ1) is 18.2. The summed E-state index contributed by atoms with van der Waals surface area (Å²) in [5, 5.41) is 0. The van der Waals surface area contributed by atoms with Crippen LogP contribution in [0.5, 0.6) is 5.75 Å². The van der Waals surface area contributed by atoms with Crippen LogP contribution in [0.3, 0.4) is 0 Å². The van der Waals surface area contributed by atoms with E-state index in [1.54, 1.807) is 0 Å². The lowest BCUT2D eigenvalue weighted by Gasteiger charge is -2.38. The Bertz CT molecular complexity index is 551. The molecular weight excluding hydrogens is 318 g/mol. The first-order valence-electron chi connectivity index (χ1n) is 9.42. The second-order valence-corrected chi connectivity index (χ2v) is 7.23. The van der Waals surface area contributed by atoms with E-state index >= 15 is 0 Å². The zero-order chi connectivity index (χ0) is 17.6. The smallest absolute Gasteiger partial charge is 0.254 e. The molecule has 1 aromatic carbocycles. The third-order valence-electron chi connectivity index (χ3n) is 4.84. The number of carbonyl (C=O) groups excluding carboxylic acids is 1. The van der Waals surface area contributed by atoms with Gasteiger partial charge >= 0.3 is 0 Å². The van der Waals surface area contributed by atoms with Crippen LogP contribution in [0.25, 0.3) is 0 Å². The molecule has 5 heteroatoms. The fourth-order valence-corrected chi connectivity index (χ4v) is 3.36. The maximum absolute atomic E-state index is 13.0. The summed E-state index contributed by atoms with van der Waals surface area (Å²) in [4.78, 5) is 14.9. The Morgan fingerprint density at radius 2 is 1.92 bits per heavy atom. The van der Waals surface area contributed by atoms with Crippen molar-refractivity contribution in [3.63, 3.8) is 0 Å². The van der Waals surface area contributed by atoms with Crippen molar-refractivity contribution in [2.24, 2.45) is 5.92 Å². The summed E-state index contributed by atoms with van der Waals surface area (Å²) < 4.78 is 17.0. The molecule has 2 fully saturated rings. The summed E-state index contributed by atoms with van der Waals surface area (Å²) in [5.41, 5.74) is 0.695. The minimum absolute atomic E-state index is 0.0192. The number of hydrogen-bond acceptors (Lipinski definition) is 4. The van der Waals surface area contributed by atoms with Gasteiger partial charge in [0.15, 0.2) is 6.29 Å². The molecule has 5 nitrogen and oxygen atoms in total. The molecule has 0 saturated carbocycles. The lowest BCUT2D eigenvalue weighted by molar-refractivity contribution is -0.100. The van der Waals surface area contributed by atoms with Crippen LogP contribution in [-0.2, 0) is 9.47 Å². The Kier molecular flexibility index (Phi) is 6.32. The normalized spacial score (nSPS) is 21.7. The second kappa shape index (κ2) is 8.68. The van der Waals surface area contributed by atoms with Gasteiger partial charge in [-0.3, -0.25) is 4.79 Å². The Labute approximate surface area is 150 Å². The van der Waals surface area contributed by atoms with E-state index < -0.39 is 0 Å².